The SMILES string of the molecule is O=c1[nH]ccn1Cc1cnc(Cl)s1. The third-order valence-corrected chi connectivity index (χ3v) is 2.67. The molecule has 2 rings (SSSR count). The summed E-state index contributed by atoms with van der Waals surface area (Å²) in [6, 6.07) is 0. The Morgan fingerprint density at radius 2 is 2.54 bits per heavy atom. The number of rotatable bonds is 2. The van der Waals surface area contributed by atoms with Gasteiger partial charge in [-0.3, -0.25) is 4.57 Å². The Morgan fingerprint density at radius 3 is 3.08 bits per heavy atom. The van der Waals surface area contributed by atoms with Gasteiger partial charge in [0.25, 0.3) is 0 Å². The average Bonchev–Trinajstić information content (AvgIpc) is 2.64. The minimum absolute atomic E-state index is 0.121. The second kappa shape index (κ2) is 3.35. The van der Waals surface area contributed by atoms with Crippen LogP contribution in [-0.2, 0) is 6.54 Å². The zero-order chi connectivity index (χ0) is 9.26. The number of aromatic nitrogens is 3. The van der Waals surface area contributed by atoms with Crippen LogP contribution in [-0.4, -0.2) is 14.5 Å². The number of nitrogens with one attached hydrogen (secondary N) is 1. The molecule has 2 heterocycles. The van der Waals surface area contributed by atoms with E-state index in [1.807, 2.05) is 0 Å². The molecule has 2 aromatic heterocycles. The summed E-state index contributed by atoms with van der Waals surface area (Å²) in [5.74, 6) is 0. The van der Waals surface area contributed by atoms with E-state index in [1.54, 1.807) is 23.2 Å². The van der Waals surface area contributed by atoms with Gasteiger partial charge < -0.3 is 4.98 Å². The zero-order valence-corrected chi connectivity index (χ0v) is 8.10. The molecule has 4 nitrogen and oxygen atoms in total. The molecule has 0 saturated heterocycles. The Labute approximate surface area is 82.8 Å². The van der Waals surface area contributed by atoms with Crippen LogP contribution in [0.3, 0.4) is 0 Å². The highest BCUT2D eigenvalue weighted by atomic mass is 35.5. The lowest BCUT2D eigenvalue weighted by Crippen LogP contribution is -2.15. The molecule has 0 spiro atoms. The Hall–Kier alpha value is -1.07. The second-order valence-electron chi connectivity index (χ2n) is 2.47. The van der Waals surface area contributed by atoms with Crippen LogP contribution in [0.15, 0.2) is 23.4 Å². The fourth-order valence-corrected chi connectivity index (χ4v) is 1.98. The molecule has 0 radical (unpaired) electrons. The fraction of sp³-hybridized carbons (Fsp3) is 0.143. The Morgan fingerprint density at radius 1 is 1.69 bits per heavy atom. The molecular formula is C7H6ClN3OS. The smallest absolute Gasteiger partial charge is 0.313 e. The van der Waals surface area contributed by atoms with Crippen molar-refractivity contribution in [1.29, 1.82) is 0 Å². The van der Waals surface area contributed by atoms with E-state index < -0.39 is 0 Å². The van der Waals surface area contributed by atoms with Gasteiger partial charge in [0.2, 0.25) is 0 Å². The van der Waals surface area contributed by atoms with Gasteiger partial charge in [0.05, 0.1) is 6.54 Å². The lowest BCUT2D eigenvalue weighted by Gasteiger charge is -1.94. The van der Waals surface area contributed by atoms with Crippen LogP contribution in [0.1, 0.15) is 4.88 Å². The van der Waals surface area contributed by atoms with Crippen molar-refractivity contribution in [3.63, 3.8) is 0 Å². The predicted molar refractivity (Wildman–Crippen MR) is 51.3 cm³/mol. The zero-order valence-electron chi connectivity index (χ0n) is 6.53. The number of H-pyrrole nitrogens is 1. The largest absolute Gasteiger partial charge is 0.325 e. The molecule has 6 heteroatoms. The van der Waals surface area contributed by atoms with Crippen molar-refractivity contribution in [3.8, 4) is 0 Å². The van der Waals surface area contributed by atoms with Crippen LogP contribution >= 0.6 is 22.9 Å². The van der Waals surface area contributed by atoms with Crippen molar-refractivity contribution in [2.24, 2.45) is 0 Å². The van der Waals surface area contributed by atoms with Gasteiger partial charge in [-0.1, -0.05) is 11.6 Å². The first-order valence-electron chi connectivity index (χ1n) is 3.60. The molecule has 0 unspecified atom stereocenters. The van der Waals surface area contributed by atoms with Crippen LogP contribution in [0.2, 0.25) is 4.47 Å². The third kappa shape index (κ3) is 1.81. The van der Waals surface area contributed by atoms with E-state index in [0.29, 0.717) is 11.0 Å². The van der Waals surface area contributed by atoms with Crippen LogP contribution in [0.5, 0.6) is 0 Å². The summed E-state index contributed by atoms with van der Waals surface area (Å²) in [7, 11) is 0. The molecule has 0 amide bonds. The molecule has 0 saturated carbocycles. The normalized spacial score (nSPS) is 10.5. The van der Waals surface area contributed by atoms with Crippen LogP contribution in [0, 0.1) is 0 Å². The average molecular weight is 216 g/mol. The standard InChI is InChI=1S/C7H6ClN3OS/c8-6-10-3-5(13-6)4-11-2-1-9-7(11)12/h1-3H,4H2,(H,9,12). The summed E-state index contributed by atoms with van der Waals surface area (Å²) in [4.78, 5) is 18.5. The van der Waals surface area contributed by atoms with Gasteiger partial charge in [0, 0.05) is 23.5 Å². The van der Waals surface area contributed by atoms with Gasteiger partial charge in [-0.25, -0.2) is 9.78 Å². The van der Waals surface area contributed by atoms with Crippen LogP contribution in [0.4, 0.5) is 0 Å². The first-order valence-corrected chi connectivity index (χ1v) is 4.79. The number of imidazole rings is 1. The maximum Gasteiger partial charge on any atom is 0.325 e. The highest BCUT2D eigenvalue weighted by molar-refractivity contribution is 7.15. The number of halogens is 1. The highest BCUT2D eigenvalue weighted by Crippen LogP contribution is 2.17. The third-order valence-electron chi connectivity index (χ3n) is 1.57. The van der Waals surface area contributed by atoms with E-state index in [9.17, 15) is 4.79 Å². The number of nitrogens with zero attached hydrogens (tertiary/aromatic N) is 2. The molecule has 68 valence electrons. The number of aromatic amines is 1. The van der Waals surface area contributed by atoms with Crippen molar-refractivity contribution in [2.75, 3.05) is 0 Å². The minimum Gasteiger partial charge on any atom is -0.313 e. The van der Waals surface area contributed by atoms with Gasteiger partial charge >= 0.3 is 5.69 Å². The summed E-state index contributed by atoms with van der Waals surface area (Å²) in [6.07, 6.45) is 4.97. The second-order valence-corrected chi connectivity index (χ2v) is 4.17. The molecular weight excluding hydrogens is 210 g/mol. The van der Waals surface area contributed by atoms with E-state index in [2.05, 4.69) is 9.97 Å². The van der Waals surface area contributed by atoms with E-state index >= 15 is 0 Å². The summed E-state index contributed by atoms with van der Waals surface area (Å²) in [5.41, 5.74) is -0.121. The van der Waals surface area contributed by atoms with Crippen molar-refractivity contribution >= 4 is 22.9 Å². The summed E-state index contributed by atoms with van der Waals surface area (Å²) in [5, 5.41) is 0. The minimum atomic E-state index is -0.121. The lowest BCUT2D eigenvalue weighted by atomic mass is 10.5. The van der Waals surface area contributed by atoms with Gasteiger partial charge in [-0.05, 0) is 0 Å². The van der Waals surface area contributed by atoms with E-state index in [4.69, 9.17) is 11.6 Å². The Bertz CT molecular complexity index is 458. The van der Waals surface area contributed by atoms with Gasteiger partial charge in [0.1, 0.15) is 0 Å². The first-order chi connectivity index (χ1) is 6.25. The fourth-order valence-electron chi connectivity index (χ4n) is 0.998. The summed E-state index contributed by atoms with van der Waals surface area (Å²) in [6.45, 7) is 0.521. The van der Waals surface area contributed by atoms with Crippen LogP contribution in [0.25, 0.3) is 0 Å². The van der Waals surface area contributed by atoms with Crippen molar-refractivity contribution < 1.29 is 0 Å². The molecule has 0 aliphatic carbocycles. The summed E-state index contributed by atoms with van der Waals surface area (Å²) >= 11 is 7.03. The number of hydrogen-bond donors (Lipinski definition) is 1. The quantitative estimate of drug-likeness (QED) is 0.822. The Balaban J connectivity index is 2.24. The molecule has 0 aliphatic rings. The molecule has 13 heavy (non-hydrogen) atoms. The number of hydrogen-bond acceptors (Lipinski definition) is 3. The summed E-state index contributed by atoms with van der Waals surface area (Å²) < 4.78 is 2.06. The lowest BCUT2D eigenvalue weighted by molar-refractivity contribution is 0.771. The van der Waals surface area contributed by atoms with Crippen molar-refractivity contribution in [1.82, 2.24) is 14.5 Å². The number of thiazole rings is 1. The molecule has 2 aromatic rings. The molecule has 0 fully saturated rings. The van der Waals surface area contributed by atoms with Gasteiger partial charge in [-0.2, -0.15) is 0 Å². The first kappa shape index (κ1) is 8.52. The van der Waals surface area contributed by atoms with E-state index in [1.165, 1.54) is 11.3 Å². The predicted octanol–water partition coefficient (Wildman–Crippen LogP) is 1.33. The molecule has 1 N–H and O–H groups in total. The molecule has 0 aliphatic heterocycles. The molecule has 0 bridgehead atoms. The van der Waals surface area contributed by atoms with Crippen LogP contribution < -0.4 is 5.69 Å². The van der Waals surface area contributed by atoms with Gasteiger partial charge in [-0.15, -0.1) is 11.3 Å². The van der Waals surface area contributed by atoms with E-state index in [0.717, 1.165) is 4.88 Å². The van der Waals surface area contributed by atoms with E-state index in [-0.39, 0.29) is 5.69 Å². The maximum absolute atomic E-state index is 11.1. The molecule has 0 aromatic carbocycles. The monoisotopic (exact) mass is 215 g/mol. The Kier molecular flexibility index (Phi) is 2.20. The van der Waals surface area contributed by atoms with Gasteiger partial charge in [0.15, 0.2) is 4.47 Å². The van der Waals surface area contributed by atoms with Crippen molar-refractivity contribution in [2.45, 2.75) is 6.54 Å². The topological polar surface area (TPSA) is 50.7 Å². The highest BCUT2D eigenvalue weighted by Gasteiger charge is 2.01. The van der Waals surface area contributed by atoms with Crippen molar-refractivity contribution in [3.05, 3.63) is 38.4 Å². The maximum atomic E-state index is 11.1. The molecule has 0 atom stereocenters.